The highest BCUT2D eigenvalue weighted by Gasteiger charge is 2.22. The predicted molar refractivity (Wildman–Crippen MR) is 109 cm³/mol. The molecular weight excluding hydrogens is 346 g/mol. The number of aromatic amines is 1. The number of hydrogen-bond acceptors (Lipinski definition) is 3. The Labute approximate surface area is 162 Å². The molecule has 0 aliphatic carbocycles. The molecule has 0 saturated carbocycles. The quantitative estimate of drug-likeness (QED) is 0.498. The van der Waals surface area contributed by atoms with Gasteiger partial charge in [-0.3, -0.25) is 0 Å². The molecule has 5 rings (SSSR count). The number of H-pyrrole nitrogens is 1. The van der Waals surface area contributed by atoms with E-state index in [1.807, 2.05) is 12.1 Å². The van der Waals surface area contributed by atoms with Crippen LogP contribution in [0.2, 0.25) is 0 Å². The van der Waals surface area contributed by atoms with Crippen LogP contribution in [0.25, 0.3) is 16.6 Å². The number of aromatic nitrogens is 5. The zero-order valence-electron chi connectivity index (χ0n) is 15.2. The van der Waals surface area contributed by atoms with E-state index < -0.39 is 0 Å². The summed E-state index contributed by atoms with van der Waals surface area (Å²) in [7, 11) is 0. The van der Waals surface area contributed by atoms with Crippen molar-refractivity contribution >= 4 is 10.9 Å². The van der Waals surface area contributed by atoms with Gasteiger partial charge in [0.2, 0.25) is 0 Å². The fourth-order valence-corrected chi connectivity index (χ4v) is 3.83. The zero-order chi connectivity index (χ0) is 18.8. The molecule has 1 N–H and O–H groups in total. The van der Waals surface area contributed by atoms with Gasteiger partial charge in [0.15, 0.2) is 5.82 Å². The Morgan fingerprint density at radius 1 is 0.821 bits per heavy atom. The summed E-state index contributed by atoms with van der Waals surface area (Å²) in [5, 5.41) is 15.9. The van der Waals surface area contributed by atoms with Crippen LogP contribution in [0.4, 0.5) is 0 Å². The molecule has 0 aliphatic heterocycles. The summed E-state index contributed by atoms with van der Waals surface area (Å²) in [6.07, 6.45) is 2.93. The molecule has 0 fully saturated rings. The van der Waals surface area contributed by atoms with Crippen molar-refractivity contribution in [1.82, 2.24) is 25.2 Å². The maximum absolute atomic E-state index is 4.20. The van der Waals surface area contributed by atoms with Crippen molar-refractivity contribution in [3.63, 3.8) is 0 Å². The maximum atomic E-state index is 4.20. The largest absolute Gasteiger partial charge is 0.316 e. The smallest absolute Gasteiger partial charge is 0.175 e. The molecule has 0 aliphatic rings. The first-order valence-electron chi connectivity index (χ1n) is 9.33. The van der Waals surface area contributed by atoms with E-state index in [1.54, 1.807) is 0 Å². The van der Waals surface area contributed by atoms with Crippen LogP contribution >= 0.6 is 0 Å². The number of tetrazole rings is 1. The average Bonchev–Trinajstić information content (AvgIpc) is 3.41. The third-order valence-corrected chi connectivity index (χ3v) is 5.13. The van der Waals surface area contributed by atoms with Crippen molar-refractivity contribution in [3.05, 3.63) is 108 Å². The van der Waals surface area contributed by atoms with Crippen molar-refractivity contribution in [2.24, 2.45) is 0 Å². The minimum Gasteiger partial charge on any atom is -0.316 e. The van der Waals surface area contributed by atoms with Crippen molar-refractivity contribution in [2.75, 3.05) is 0 Å². The van der Waals surface area contributed by atoms with Crippen LogP contribution in [0.15, 0.2) is 91.1 Å². The Kier molecular flexibility index (Phi) is 4.18. The lowest BCUT2D eigenvalue weighted by atomic mass is 9.88. The molecule has 0 amide bonds. The molecule has 2 heterocycles. The Morgan fingerprint density at radius 2 is 1.54 bits per heavy atom. The maximum Gasteiger partial charge on any atom is 0.175 e. The molecule has 5 aromatic rings. The number of hydrogen-bond donors (Lipinski definition) is 1. The fraction of sp³-hybridized carbons (Fsp3) is 0.0870. The van der Waals surface area contributed by atoms with Gasteiger partial charge in [-0.15, -0.1) is 10.2 Å². The highest BCUT2D eigenvalue weighted by Crippen LogP contribution is 2.35. The molecular formula is C23H19N5. The molecule has 3 aromatic carbocycles. The lowest BCUT2D eigenvalue weighted by Crippen LogP contribution is -2.06. The zero-order valence-corrected chi connectivity index (χ0v) is 15.2. The van der Waals surface area contributed by atoms with Gasteiger partial charge < -0.3 is 4.57 Å². The van der Waals surface area contributed by atoms with Gasteiger partial charge in [0.1, 0.15) is 0 Å². The van der Waals surface area contributed by atoms with Crippen LogP contribution in [0.1, 0.15) is 22.9 Å². The second kappa shape index (κ2) is 7.12. The van der Waals surface area contributed by atoms with E-state index in [2.05, 4.69) is 104 Å². The number of rotatable bonds is 5. The van der Waals surface area contributed by atoms with Gasteiger partial charge in [0.25, 0.3) is 0 Å². The van der Waals surface area contributed by atoms with Crippen LogP contribution in [-0.4, -0.2) is 25.2 Å². The molecule has 1 unspecified atom stereocenters. The van der Waals surface area contributed by atoms with Gasteiger partial charge in [-0.25, -0.2) is 0 Å². The molecule has 0 radical (unpaired) electrons. The van der Waals surface area contributed by atoms with Crippen LogP contribution in [0.5, 0.6) is 0 Å². The average molecular weight is 365 g/mol. The molecule has 28 heavy (non-hydrogen) atoms. The van der Waals surface area contributed by atoms with Crippen LogP contribution in [0.3, 0.4) is 0 Å². The van der Waals surface area contributed by atoms with Gasteiger partial charge in [-0.2, -0.15) is 5.21 Å². The van der Waals surface area contributed by atoms with Crippen LogP contribution in [0, 0.1) is 0 Å². The van der Waals surface area contributed by atoms with Gasteiger partial charge in [0, 0.05) is 29.6 Å². The second-order valence-electron chi connectivity index (χ2n) is 6.80. The molecule has 0 bridgehead atoms. The van der Waals surface area contributed by atoms with Crippen molar-refractivity contribution in [3.8, 4) is 5.69 Å². The molecule has 5 nitrogen and oxygen atoms in total. The molecule has 0 spiro atoms. The van der Waals surface area contributed by atoms with Crippen LogP contribution in [-0.2, 0) is 6.42 Å². The van der Waals surface area contributed by atoms with Gasteiger partial charge >= 0.3 is 0 Å². The summed E-state index contributed by atoms with van der Waals surface area (Å²) < 4.78 is 2.26. The SMILES string of the molecule is c1ccc(C(Cc2nn[nH]n2)c2cn(-c3ccccc3)c3ccccc23)cc1. The van der Waals surface area contributed by atoms with E-state index in [9.17, 15) is 0 Å². The molecule has 1 atom stereocenters. The fourth-order valence-electron chi connectivity index (χ4n) is 3.83. The Morgan fingerprint density at radius 3 is 2.29 bits per heavy atom. The van der Waals surface area contributed by atoms with E-state index in [-0.39, 0.29) is 5.92 Å². The van der Waals surface area contributed by atoms with Gasteiger partial charge in [0.05, 0.1) is 5.52 Å². The molecule has 136 valence electrons. The third-order valence-electron chi connectivity index (χ3n) is 5.13. The minimum atomic E-state index is 0.133. The van der Waals surface area contributed by atoms with Crippen LogP contribution < -0.4 is 0 Å². The third kappa shape index (κ3) is 2.97. The normalized spacial score (nSPS) is 12.3. The van der Waals surface area contributed by atoms with Crippen molar-refractivity contribution < 1.29 is 0 Å². The minimum absolute atomic E-state index is 0.133. The summed E-state index contributed by atoms with van der Waals surface area (Å²) in [6.45, 7) is 0. The van der Waals surface area contributed by atoms with Gasteiger partial charge in [-0.05, 0) is 29.3 Å². The summed E-state index contributed by atoms with van der Waals surface area (Å²) in [4.78, 5) is 0. The standard InChI is InChI=1S/C23H19N5/c1-3-9-17(10-4-1)20(15-23-24-26-27-25-23)21-16-28(18-11-5-2-6-12-18)22-14-8-7-13-19(21)22/h1-14,16,20H,15H2,(H,24,25,26,27). The molecule has 0 saturated heterocycles. The molecule has 5 heteroatoms. The summed E-state index contributed by atoms with van der Waals surface area (Å²) in [5.41, 5.74) is 4.84. The summed E-state index contributed by atoms with van der Waals surface area (Å²) >= 11 is 0. The van der Waals surface area contributed by atoms with Crippen molar-refractivity contribution in [1.29, 1.82) is 0 Å². The van der Waals surface area contributed by atoms with Gasteiger partial charge in [-0.1, -0.05) is 71.9 Å². The Balaban J connectivity index is 1.71. The predicted octanol–water partition coefficient (Wildman–Crippen LogP) is 4.52. The van der Waals surface area contributed by atoms with E-state index in [0.29, 0.717) is 12.2 Å². The van der Waals surface area contributed by atoms with Crippen molar-refractivity contribution in [2.45, 2.75) is 12.3 Å². The van der Waals surface area contributed by atoms with E-state index in [1.165, 1.54) is 22.0 Å². The summed E-state index contributed by atoms with van der Waals surface area (Å²) in [5.74, 6) is 0.846. The summed E-state index contributed by atoms with van der Waals surface area (Å²) in [6, 6.07) is 29.5. The lowest BCUT2D eigenvalue weighted by molar-refractivity contribution is 0.759. The highest BCUT2D eigenvalue weighted by atomic mass is 15.5. The topological polar surface area (TPSA) is 59.4 Å². The highest BCUT2D eigenvalue weighted by molar-refractivity contribution is 5.86. The lowest BCUT2D eigenvalue weighted by Gasteiger charge is -2.15. The Bertz CT molecular complexity index is 1180. The monoisotopic (exact) mass is 365 g/mol. The number of nitrogens with zero attached hydrogens (tertiary/aromatic N) is 4. The first-order valence-corrected chi connectivity index (χ1v) is 9.33. The number of fused-ring (bicyclic) bond motifs is 1. The number of para-hydroxylation sites is 2. The first-order chi connectivity index (χ1) is 13.9. The number of nitrogens with one attached hydrogen (secondary N) is 1. The number of benzene rings is 3. The van der Waals surface area contributed by atoms with E-state index in [0.717, 1.165) is 5.69 Å². The Hall–Kier alpha value is -3.73. The van der Waals surface area contributed by atoms with E-state index in [4.69, 9.17) is 0 Å². The first kappa shape index (κ1) is 16.4. The van der Waals surface area contributed by atoms with E-state index >= 15 is 0 Å². The molecule has 2 aromatic heterocycles. The second-order valence-corrected chi connectivity index (χ2v) is 6.80.